The Hall–Kier alpha value is -1.17. The van der Waals surface area contributed by atoms with Crippen LogP contribution in [0.3, 0.4) is 0 Å². The molecule has 2 N–H and O–H groups in total. The molecule has 0 radical (unpaired) electrons. The first-order valence-corrected chi connectivity index (χ1v) is 9.07. The highest BCUT2D eigenvalue weighted by atomic mass is 32.2. The third-order valence-corrected chi connectivity index (χ3v) is 4.00. The third-order valence-electron chi connectivity index (χ3n) is 3.03. The van der Waals surface area contributed by atoms with Crippen molar-refractivity contribution in [3.8, 4) is 0 Å². The molecule has 0 amide bonds. The topological polar surface area (TPSA) is 66.9 Å². The van der Waals surface area contributed by atoms with Crippen LogP contribution in [0.5, 0.6) is 0 Å². The van der Waals surface area contributed by atoms with Gasteiger partial charge in [0, 0.05) is 46.4 Å². The van der Waals surface area contributed by atoms with Gasteiger partial charge in [-0.3, -0.25) is 4.21 Å². The van der Waals surface area contributed by atoms with Crippen molar-refractivity contribution in [3.63, 3.8) is 0 Å². The molecular formula is C15H28N4OS. The van der Waals surface area contributed by atoms with Crippen LogP contribution in [0.1, 0.15) is 46.0 Å². The Labute approximate surface area is 130 Å². The van der Waals surface area contributed by atoms with E-state index in [1.54, 1.807) is 6.26 Å². The molecule has 21 heavy (non-hydrogen) atoms. The second-order valence-electron chi connectivity index (χ2n) is 6.44. The fourth-order valence-corrected chi connectivity index (χ4v) is 2.75. The van der Waals surface area contributed by atoms with E-state index >= 15 is 0 Å². The number of hydrogen-bond acceptors (Lipinski definition) is 5. The predicted octanol–water partition coefficient (Wildman–Crippen LogP) is 2.69. The lowest BCUT2D eigenvalue weighted by Crippen LogP contribution is -2.26. The van der Waals surface area contributed by atoms with Crippen LogP contribution in [0, 0.1) is 6.92 Å². The molecule has 0 spiro atoms. The van der Waals surface area contributed by atoms with Gasteiger partial charge in [0.25, 0.3) is 0 Å². The standard InChI is InChI=1S/C15H28N4OS/c1-8-16-12-11(3)13(17-10(2)9-21(7)20)19-14(18-12)15(4,5)6/h10H,8-9H2,1-7H3,(H2,16,17,18,19). The molecule has 6 heteroatoms. The molecule has 0 fully saturated rings. The summed E-state index contributed by atoms with van der Waals surface area (Å²) in [5.41, 5.74) is 0.879. The smallest absolute Gasteiger partial charge is 0.138 e. The Morgan fingerprint density at radius 2 is 1.81 bits per heavy atom. The molecule has 2 unspecified atom stereocenters. The van der Waals surface area contributed by atoms with Crippen LogP contribution in [0.15, 0.2) is 0 Å². The number of aromatic nitrogens is 2. The minimum absolute atomic E-state index is 0.103. The molecule has 0 saturated heterocycles. The average molecular weight is 312 g/mol. The zero-order chi connectivity index (χ0) is 16.2. The summed E-state index contributed by atoms with van der Waals surface area (Å²) in [5.74, 6) is 3.09. The lowest BCUT2D eigenvalue weighted by Gasteiger charge is -2.22. The van der Waals surface area contributed by atoms with Crippen LogP contribution < -0.4 is 10.6 Å². The minimum atomic E-state index is -0.829. The van der Waals surface area contributed by atoms with E-state index in [0.29, 0.717) is 5.75 Å². The molecule has 2 atom stereocenters. The molecule has 1 heterocycles. The molecule has 0 aromatic carbocycles. The summed E-state index contributed by atoms with van der Waals surface area (Å²) in [6.07, 6.45) is 1.72. The zero-order valence-corrected chi connectivity index (χ0v) is 15.0. The van der Waals surface area contributed by atoms with Crippen LogP contribution in [-0.4, -0.2) is 38.8 Å². The summed E-state index contributed by atoms with van der Waals surface area (Å²) >= 11 is 0. The molecule has 5 nitrogen and oxygen atoms in total. The molecular weight excluding hydrogens is 284 g/mol. The predicted molar refractivity (Wildman–Crippen MR) is 91.7 cm³/mol. The van der Waals surface area contributed by atoms with Crippen LogP contribution in [-0.2, 0) is 16.2 Å². The monoisotopic (exact) mass is 312 g/mol. The normalized spacial score (nSPS) is 14.6. The van der Waals surface area contributed by atoms with Crippen molar-refractivity contribution < 1.29 is 4.21 Å². The molecule has 1 rings (SSSR count). The summed E-state index contributed by atoms with van der Waals surface area (Å²) in [4.78, 5) is 9.31. The van der Waals surface area contributed by atoms with E-state index in [-0.39, 0.29) is 11.5 Å². The van der Waals surface area contributed by atoms with Crippen molar-refractivity contribution in [1.29, 1.82) is 0 Å². The quantitative estimate of drug-likeness (QED) is 0.845. The fraction of sp³-hybridized carbons (Fsp3) is 0.733. The van der Waals surface area contributed by atoms with Gasteiger partial charge in [0.1, 0.15) is 17.5 Å². The Bertz CT molecular complexity index is 511. The molecule has 0 bridgehead atoms. The largest absolute Gasteiger partial charge is 0.370 e. The van der Waals surface area contributed by atoms with Gasteiger partial charge in [0.05, 0.1) is 0 Å². The van der Waals surface area contributed by atoms with E-state index in [4.69, 9.17) is 0 Å². The van der Waals surface area contributed by atoms with Gasteiger partial charge in [-0.05, 0) is 20.8 Å². The maximum Gasteiger partial charge on any atom is 0.138 e. The fourth-order valence-electron chi connectivity index (χ4n) is 1.96. The number of rotatable bonds is 6. The summed E-state index contributed by atoms with van der Waals surface area (Å²) in [6, 6.07) is 0.103. The van der Waals surface area contributed by atoms with E-state index in [2.05, 4.69) is 41.4 Å². The number of nitrogens with zero attached hydrogens (tertiary/aromatic N) is 2. The maximum atomic E-state index is 11.4. The van der Waals surface area contributed by atoms with Gasteiger partial charge in [-0.15, -0.1) is 0 Å². The van der Waals surface area contributed by atoms with Crippen molar-refractivity contribution in [3.05, 3.63) is 11.4 Å². The van der Waals surface area contributed by atoms with Gasteiger partial charge in [-0.25, -0.2) is 9.97 Å². The summed E-state index contributed by atoms with van der Waals surface area (Å²) < 4.78 is 11.4. The van der Waals surface area contributed by atoms with Crippen molar-refractivity contribution in [2.24, 2.45) is 0 Å². The van der Waals surface area contributed by atoms with Crippen LogP contribution in [0.25, 0.3) is 0 Å². The van der Waals surface area contributed by atoms with Gasteiger partial charge in [0.15, 0.2) is 0 Å². The van der Waals surface area contributed by atoms with Crippen LogP contribution in [0.2, 0.25) is 0 Å². The van der Waals surface area contributed by atoms with Gasteiger partial charge < -0.3 is 10.6 Å². The van der Waals surface area contributed by atoms with Gasteiger partial charge in [0.2, 0.25) is 0 Å². The van der Waals surface area contributed by atoms with Crippen LogP contribution >= 0.6 is 0 Å². The van der Waals surface area contributed by atoms with E-state index in [1.807, 2.05) is 20.8 Å². The number of anilines is 2. The molecule has 0 aliphatic carbocycles. The summed E-state index contributed by atoms with van der Waals surface area (Å²) in [6.45, 7) is 13.2. The molecule has 0 aliphatic heterocycles. The maximum absolute atomic E-state index is 11.4. The zero-order valence-electron chi connectivity index (χ0n) is 14.2. The lowest BCUT2D eigenvalue weighted by atomic mass is 9.95. The van der Waals surface area contributed by atoms with E-state index in [0.717, 1.165) is 29.6 Å². The van der Waals surface area contributed by atoms with E-state index in [9.17, 15) is 4.21 Å². The number of nitrogens with one attached hydrogen (secondary N) is 2. The highest BCUT2D eigenvalue weighted by molar-refractivity contribution is 7.84. The Kier molecular flexibility index (Phi) is 6.13. The molecule has 120 valence electrons. The lowest BCUT2D eigenvalue weighted by molar-refractivity contribution is 0.545. The highest BCUT2D eigenvalue weighted by Gasteiger charge is 2.21. The van der Waals surface area contributed by atoms with Crippen molar-refractivity contribution >= 4 is 22.4 Å². The van der Waals surface area contributed by atoms with Gasteiger partial charge >= 0.3 is 0 Å². The van der Waals surface area contributed by atoms with Gasteiger partial charge in [-0.1, -0.05) is 20.8 Å². The highest BCUT2D eigenvalue weighted by Crippen LogP contribution is 2.26. The Balaban J connectivity index is 3.16. The molecule has 1 aromatic rings. The molecule has 0 aliphatic rings. The number of hydrogen-bond donors (Lipinski definition) is 2. The third kappa shape index (κ3) is 5.26. The summed E-state index contributed by atoms with van der Waals surface area (Å²) in [7, 11) is -0.829. The first kappa shape index (κ1) is 17.9. The first-order chi connectivity index (χ1) is 9.65. The summed E-state index contributed by atoms with van der Waals surface area (Å²) in [5, 5.41) is 6.66. The second kappa shape index (κ2) is 7.20. The van der Waals surface area contributed by atoms with Gasteiger partial charge in [-0.2, -0.15) is 0 Å². The minimum Gasteiger partial charge on any atom is -0.370 e. The Morgan fingerprint density at radius 1 is 1.24 bits per heavy atom. The first-order valence-electron chi connectivity index (χ1n) is 7.34. The van der Waals surface area contributed by atoms with Crippen molar-refractivity contribution in [2.75, 3.05) is 29.2 Å². The Morgan fingerprint density at radius 3 is 2.29 bits per heavy atom. The SMILES string of the molecule is CCNc1nc(C(C)(C)C)nc(NC(C)CS(C)=O)c1C. The average Bonchev–Trinajstić information content (AvgIpc) is 2.31. The molecule has 1 aromatic heterocycles. The van der Waals surface area contributed by atoms with Crippen LogP contribution in [0.4, 0.5) is 11.6 Å². The second-order valence-corrected chi connectivity index (χ2v) is 7.91. The van der Waals surface area contributed by atoms with E-state index in [1.165, 1.54) is 0 Å². The van der Waals surface area contributed by atoms with Crippen molar-refractivity contribution in [2.45, 2.75) is 53.0 Å². The molecule has 0 saturated carbocycles. The van der Waals surface area contributed by atoms with Crippen molar-refractivity contribution in [1.82, 2.24) is 9.97 Å². The van der Waals surface area contributed by atoms with E-state index < -0.39 is 10.8 Å².